The summed E-state index contributed by atoms with van der Waals surface area (Å²) in [6, 6.07) is 18.7. The molecule has 0 fully saturated rings. The van der Waals surface area contributed by atoms with Crippen LogP contribution in [0.25, 0.3) is 0 Å². The van der Waals surface area contributed by atoms with Gasteiger partial charge in [0.05, 0.1) is 25.5 Å². The monoisotopic (exact) mass is 436 g/mol. The van der Waals surface area contributed by atoms with Gasteiger partial charge in [0.2, 0.25) is 0 Å². The first-order valence-electron chi connectivity index (χ1n) is 10.0. The maximum Gasteiger partial charge on any atom is 0.340 e. The summed E-state index contributed by atoms with van der Waals surface area (Å²) in [6.07, 6.45) is 1.82. The minimum Gasteiger partial charge on any atom is -0.467 e. The fourth-order valence-corrected chi connectivity index (χ4v) is 3.04. The van der Waals surface area contributed by atoms with Gasteiger partial charge in [0.15, 0.2) is 6.61 Å². The van der Waals surface area contributed by atoms with Gasteiger partial charge in [-0.1, -0.05) is 42.5 Å². The third kappa shape index (κ3) is 6.46. The van der Waals surface area contributed by atoms with Crippen molar-refractivity contribution in [1.29, 1.82) is 0 Å². The number of esters is 2. The molecular weight excluding hydrogens is 412 g/mol. The minimum absolute atomic E-state index is 0.257. The van der Waals surface area contributed by atoms with Crippen LogP contribution in [0.3, 0.4) is 0 Å². The maximum absolute atomic E-state index is 12.5. The van der Waals surface area contributed by atoms with E-state index in [0.29, 0.717) is 18.0 Å². The number of carbonyl (C=O) groups is 3. The van der Waals surface area contributed by atoms with Crippen LogP contribution in [0.5, 0.6) is 0 Å². The number of carbonyl (C=O) groups excluding carboxylic acids is 3. The van der Waals surface area contributed by atoms with Crippen molar-refractivity contribution in [2.75, 3.05) is 19.0 Å². The standard InChI is InChI=1S/C24H24N2O6/c1-30-24(29)21(14-17-8-3-2-4-9-17)26-22(27)16-32-23(28)19-11-5-6-12-20(19)25-15-18-10-7-13-31-18/h2-13,21,25H,14-16H2,1H3,(H,26,27)/t21-/m1/s1. The van der Waals surface area contributed by atoms with Gasteiger partial charge in [-0.2, -0.15) is 0 Å². The number of hydrogen-bond acceptors (Lipinski definition) is 7. The van der Waals surface area contributed by atoms with Gasteiger partial charge in [0.1, 0.15) is 11.8 Å². The summed E-state index contributed by atoms with van der Waals surface area (Å²) in [7, 11) is 1.25. The molecule has 0 aliphatic carbocycles. The zero-order chi connectivity index (χ0) is 22.8. The summed E-state index contributed by atoms with van der Waals surface area (Å²) >= 11 is 0. The van der Waals surface area contributed by atoms with Gasteiger partial charge in [-0.15, -0.1) is 0 Å². The third-order valence-corrected chi connectivity index (χ3v) is 4.62. The molecule has 0 unspecified atom stereocenters. The summed E-state index contributed by atoms with van der Waals surface area (Å²) in [6.45, 7) is -0.147. The number of furan rings is 1. The molecule has 0 bridgehead atoms. The summed E-state index contributed by atoms with van der Waals surface area (Å²) in [5.74, 6) is -1.15. The Hall–Kier alpha value is -4.07. The first-order chi connectivity index (χ1) is 15.6. The van der Waals surface area contributed by atoms with E-state index in [9.17, 15) is 14.4 Å². The number of hydrogen-bond donors (Lipinski definition) is 2. The second-order valence-electron chi connectivity index (χ2n) is 6.89. The zero-order valence-electron chi connectivity index (χ0n) is 17.6. The van der Waals surface area contributed by atoms with E-state index in [1.54, 1.807) is 36.6 Å². The molecule has 3 aromatic rings. The van der Waals surface area contributed by atoms with Crippen molar-refractivity contribution in [1.82, 2.24) is 5.32 Å². The molecule has 0 aliphatic rings. The van der Waals surface area contributed by atoms with Crippen molar-refractivity contribution in [2.24, 2.45) is 0 Å². The fraction of sp³-hybridized carbons (Fsp3) is 0.208. The topological polar surface area (TPSA) is 107 Å². The SMILES string of the molecule is COC(=O)[C@@H](Cc1ccccc1)NC(=O)COC(=O)c1ccccc1NCc1ccco1. The average molecular weight is 436 g/mol. The van der Waals surface area contributed by atoms with Crippen molar-refractivity contribution < 1.29 is 28.3 Å². The number of anilines is 1. The largest absolute Gasteiger partial charge is 0.467 e. The number of methoxy groups -OCH3 is 1. The number of ether oxygens (including phenoxy) is 2. The third-order valence-electron chi connectivity index (χ3n) is 4.62. The van der Waals surface area contributed by atoms with Gasteiger partial charge in [-0.3, -0.25) is 4.79 Å². The molecular formula is C24H24N2O6. The van der Waals surface area contributed by atoms with Crippen LogP contribution >= 0.6 is 0 Å². The van der Waals surface area contributed by atoms with Gasteiger partial charge in [0.25, 0.3) is 5.91 Å². The molecule has 32 heavy (non-hydrogen) atoms. The van der Waals surface area contributed by atoms with E-state index in [1.807, 2.05) is 36.4 Å². The summed E-state index contributed by atoms with van der Waals surface area (Å²) in [4.78, 5) is 36.9. The number of rotatable bonds is 10. The van der Waals surface area contributed by atoms with Crippen LogP contribution in [-0.4, -0.2) is 37.6 Å². The Labute approximate surface area is 185 Å². The van der Waals surface area contributed by atoms with Gasteiger partial charge < -0.3 is 24.5 Å². The average Bonchev–Trinajstić information content (AvgIpc) is 3.35. The molecule has 2 N–H and O–H groups in total. The van der Waals surface area contributed by atoms with Gasteiger partial charge in [-0.05, 0) is 29.8 Å². The highest BCUT2D eigenvalue weighted by Crippen LogP contribution is 2.17. The van der Waals surface area contributed by atoms with E-state index in [4.69, 9.17) is 13.9 Å². The Morgan fingerprint density at radius 1 is 0.969 bits per heavy atom. The van der Waals surface area contributed by atoms with E-state index in [2.05, 4.69) is 10.6 Å². The molecule has 8 heteroatoms. The molecule has 0 saturated heterocycles. The van der Waals surface area contributed by atoms with Gasteiger partial charge in [0, 0.05) is 12.1 Å². The lowest BCUT2D eigenvalue weighted by molar-refractivity contribution is -0.145. The van der Waals surface area contributed by atoms with E-state index in [0.717, 1.165) is 5.56 Å². The van der Waals surface area contributed by atoms with Crippen LogP contribution in [-0.2, 0) is 32.0 Å². The Morgan fingerprint density at radius 3 is 2.44 bits per heavy atom. The molecule has 0 spiro atoms. The minimum atomic E-state index is -0.893. The Balaban J connectivity index is 1.56. The lowest BCUT2D eigenvalue weighted by Gasteiger charge is -2.17. The first-order valence-corrected chi connectivity index (χ1v) is 10.0. The molecule has 3 rings (SSSR count). The van der Waals surface area contributed by atoms with E-state index in [-0.39, 0.29) is 12.0 Å². The normalized spacial score (nSPS) is 11.3. The first kappa shape index (κ1) is 22.6. The zero-order valence-corrected chi connectivity index (χ0v) is 17.6. The van der Waals surface area contributed by atoms with Crippen LogP contribution in [0.4, 0.5) is 5.69 Å². The summed E-state index contributed by atoms with van der Waals surface area (Å²) < 4.78 is 15.2. The van der Waals surface area contributed by atoms with Gasteiger partial charge in [-0.25, -0.2) is 9.59 Å². The Morgan fingerprint density at radius 2 is 1.72 bits per heavy atom. The highest BCUT2D eigenvalue weighted by molar-refractivity contribution is 5.97. The molecule has 0 aliphatic heterocycles. The molecule has 2 aromatic carbocycles. The van der Waals surface area contributed by atoms with E-state index >= 15 is 0 Å². The van der Waals surface area contributed by atoms with Crippen molar-refractivity contribution in [3.05, 3.63) is 89.9 Å². The van der Waals surface area contributed by atoms with E-state index < -0.39 is 30.5 Å². The molecule has 1 heterocycles. The predicted octanol–water partition coefficient (Wildman–Crippen LogP) is 2.95. The maximum atomic E-state index is 12.5. The van der Waals surface area contributed by atoms with Crippen molar-refractivity contribution in [2.45, 2.75) is 19.0 Å². The summed E-state index contributed by atoms with van der Waals surface area (Å²) in [5.41, 5.74) is 1.68. The highest BCUT2D eigenvalue weighted by Gasteiger charge is 2.23. The summed E-state index contributed by atoms with van der Waals surface area (Å²) in [5, 5.41) is 5.67. The number of benzene rings is 2. The van der Waals surface area contributed by atoms with Crippen LogP contribution in [0.15, 0.2) is 77.4 Å². The van der Waals surface area contributed by atoms with Crippen LogP contribution in [0.2, 0.25) is 0 Å². The second kappa shape index (κ2) is 11.4. The molecule has 1 aromatic heterocycles. The predicted molar refractivity (Wildman–Crippen MR) is 117 cm³/mol. The number of amides is 1. The molecule has 166 valence electrons. The van der Waals surface area contributed by atoms with Crippen molar-refractivity contribution in [3.8, 4) is 0 Å². The molecule has 0 saturated carbocycles. The second-order valence-corrected chi connectivity index (χ2v) is 6.89. The number of nitrogens with one attached hydrogen (secondary N) is 2. The molecule has 1 amide bonds. The van der Waals surface area contributed by atoms with Crippen LogP contribution in [0.1, 0.15) is 21.7 Å². The van der Waals surface area contributed by atoms with E-state index in [1.165, 1.54) is 7.11 Å². The highest BCUT2D eigenvalue weighted by atomic mass is 16.5. The van der Waals surface area contributed by atoms with Crippen molar-refractivity contribution >= 4 is 23.5 Å². The quantitative estimate of drug-likeness (QED) is 0.471. The lowest BCUT2D eigenvalue weighted by atomic mass is 10.1. The Kier molecular flexibility index (Phi) is 8.02. The van der Waals surface area contributed by atoms with Crippen LogP contribution in [0, 0.1) is 0 Å². The molecule has 0 radical (unpaired) electrons. The van der Waals surface area contributed by atoms with Crippen LogP contribution < -0.4 is 10.6 Å². The Bertz CT molecular complexity index is 1030. The van der Waals surface area contributed by atoms with Crippen molar-refractivity contribution in [3.63, 3.8) is 0 Å². The fourth-order valence-electron chi connectivity index (χ4n) is 3.04. The molecule has 1 atom stereocenters. The smallest absolute Gasteiger partial charge is 0.340 e. The van der Waals surface area contributed by atoms with Gasteiger partial charge >= 0.3 is 11.9 Å². The molecule has 8 nitrogen and oxygen atoms in total. The number of para-hydroxylation sites is 1. The lowest BCUT2D eigenvalue weighted by Crippen LogP contribution is -2.44.